The standard InChI is InChI=1S/C15H18N2O2/c1-2-4-14(5-3-1)19-11-9-17-8-7-16-15(17)13-6-10-18-12-13/h1-5,7-8,13H,6,9-12H2. The fourth-order valence-corrected chi connectivity index (χ4v) is 2.39. The first-order valence-electron chi connectivity index (χ1n) is 6.70. The molecule has 0 saturated carbocycles. The zero-order chi connectivity index (χ0) is 12.9. The lowest BCUT2D eigenvalue weighted by Gasteiger charge is -2.12. The molecule has 1 aromatic heterocycles. The zero-order valence-electron chi connectivity index (χ0n) is 10.9. The molecule has 2 heterocycles. The second-order valence-electron chi connectivity index (χ2n) is 4.70. The molecule has 1 unspecified atom stereocenters. The third-order valence-corrected chi connectivity index (χ3v) is 3.39. The maximum atomic E-state index is 5.72. The van der Waals surface area contributed by atoms with Crippen molar-refractivity contribution in [1.82, 2.24) is 9.55 Å². The number of para-hydroxylation sites is 1. The number of aromatic nitrogens is 2. The van der Waals surface area contributed by atoms with Crippen molar-refractivity contribution >= 4 is 0 Å². The van der Waals surface area contributed by atoms with Crippen LogP contribution in [0.2, 0.25) is 0 Å². The fourth-order valence-electron chi connectivity index (χ4n) is 2.39. The fraction of sp³-hybridized carbons (Fsp3) is 0.400. The lowest BCUT2D eigenvalue weighted by molar-refractivity contribution is 0.192. The van der Waals surface area contributed by atoms with Crippen LogP contribution in [-0.2, 0) is 11.3 Å². The molecule has 1 atom stereocenters. The van der Waals surface area contributed by atoms with Gasteiger partial charge < -0.3 is 14.0 Å². The predicted octanol–water partition coefficient (Wildman–Crippen LogP) is 2.47. The maximum Gasteiger partial charge on any atom is 0.119 e. The quantitative estimate of drug-likeness (QED) is 0.826. The molecule has 0 aliphatic carbocycles. The molecule has 1 saturated heterocycles. The molecule has 2 aromatic rings. The lowest BCUT2D eigenvalue weighted by atomic mass is 10.1. The molecule has 0 radical (unpaired) electrons. The minimum absolute atomic E-state index is 0.437. The Morgan fingerprint density at radius 3 is 3.00 bits per heavy atom. The third kappa shape index (κ3) is 2.96. The Kier molecular flexibility index (Phi) is 3.79. The Balaban J connectivity index is 1.57. The topological polar surface area (TPSA) is 36.3 Å². The number of hydrogen-bond acceptors (Lipinski definition) is 3. The van der Waals surface area contributed by atoms with E-state index in [-0.39, 0.29) is 0 Å². The molecule has 0 spiro atoms. The largest absolute Gasteiger partial charge is 0.492 e. The molecule has 0 bridgehead atoms. The molecule has 0 N–H and O–H groups in total. The number of nitrogens with zero attached hydrogens (tertiary/aromatic N) is 2. The Morgan fingerprint density at radius 2 is 2.21 bits per heavy atom. The van der Waals surface area contributed by atoms with Crippen LogP contribution in [0, 0.1) is 0 Å². The summed E-state index contributed by atoms with van der Waals surface area (Å²) in [5, 5.41) is 0. The lowest BCUT2D eigenvalue weighted by Crippen LogP contribution is -2.13. The summed E-state index contributed by atoms with van der Waals surface area (Å²) in [6, 6.07) is 9.89. The summed E-state index contributed by atoms with van der Waals surface area (Å²) in [7, 11) is 0. The summed E-state index contributed by atoms with van der Waals surface area (Å²) in [5.74, 6) is 2.47. The van der Waals surface area contributed by atoms with Crippen LogP contribution in [0.1, 0.15) is 18.2 Å². The van der Waals surface area contributed by atoms with Gasteiger partial charge in [-0.05, 0) is 18.6 Å². The first-order valence-corrected chi connectivity index (χ1v) is 6.70. The van der Waals surface area contributed by atoms with Crippen LogP contribution in [0.4, 0.5) is 0 Å². The van der Waals surface area contributed by atoms with Crippen molar-refractivity contribution in [3.63, 3.8) is 0 Å². The van der Waals surface area contributed by atoms with Gasteiger partial charge >= 0.3 is 0 Å². The van der Waals surface area contributed by atoms with Crippen LogP contribution in [0.3, 0.4) is 0 Å². The van der Waals surface area contributed by atoms with Crippen LogP contribution in [0.5, 0.6) is 5.75 Å². The average molecular weight is 258 g/mol. The van der Waals surface area contributed by atoms with Crippen LogP contribution in [0.25, 0.3) is 0 Å². The van der Waals surface area contributed by atoms with E-state index < -0.39 is 0 Å². The van der Waals surface area contributed by atoms with Gasteiger partial charge in [0.1, 0.15) is 18.2 Å². The van der Waals surface area contributed by atoms with E-state index in [2.05, 4.69) is 9.55 Å². The van der Waals surface area contributed by atoms with Gasteiger partial charge in [0.2, 0.25) is 0 Å². The highest BCUT2D eigenvalue weighted by Gasteiger charge is 2.21. The molecule has 100 valence electrons. The van der Waals surface area contributed by atoms with Crippen LogP contribution >= 0.6 is 0 Å². The van der Waals surface area contributed by atoms with Crippen molar-refractivity contribution in [2.45, 2.75) is 18.9 Å². The van der Waals surface area contributed by atoms with Crippen LogP contribution < -0.4 is 4.74 Å². The van der Waals surface area contributed by atoms with Crippen LogP contribution in [0.15, 0.2) is 42.7 Å². The first kappa shape index (κ1) is 12.2. The highest BCUT2D eigenvalue weighted by Crippen LogP contribution is 2.23. The highest BCUT2D eigenvalue weighted by molar-refractivity contribution is 5.20. The SMILES string of the molecule is c1ccc(OCCn2ccnc2C2CCOC2)cc1. The molecule has 1 fully saturated rings. The molecule has 4 heteroatoms. The van der Waals surface area contributed by atoms with E-state index in [9.17, 15) is 0 Å². The summed E-state index contributed by atoms with van der Waals surface area (Å²) in [6.07, 6.45) is 4.94. The molecule has 4 nitrogen and oxygen atoms in total. The molecule has 19 heavy (non-hydrogen) atoms. The minimum atomic E-state index is 0.437. The molecule has 1 aliphatic rings. The smallest absolute Gasteiger partial charge is 0.119 e. The molecular formula is C15H18N2O2. The van der Waals surface area contributed by atoms with Gasteiger partial charge in [-0.15, -0.1) is 0 Å². The van der Waals surface area contributed by atoms with Crippen molar-refractivity contribution in [3.8, 4) is 5.75 Å². The number of benzene rings is 1. The van der Waals surface area contributed by atoms with Crippen molar-refractivity contribution in [2.75, 3.05) is 19.8 Å². The van der Waals surface area contributed by atoms with E-state index in [1.54, 1.807) is 0 Å². The zero-order valence-corrected chi connectivity index (χ0v) is 10.9. The Hall–Kier alpha value is -1.81. The van der Waals surface area contributed by atoms with E-state index in [1.807, 2.05) is 42.7 Å². The van der Waals surface area contributed by atoms with E-state index >= 15 is 0 Å². The van der Waals surface area contributed by atoms with E-state index in [4.69, 9.17) is 9.47 Å². The second kappa shape index (κ2) is 5.89. The molecule has 3 rings (SSSR count). The Bertz CT molecular complexity index is 504. The van der Waals surface area contributed by atoms with Crippen molar-refractivity contribution in [3.05, 3.63) is 48.5 Å². The second-order valence-corrected chi connectivity index (χ2v) is 4.70. The van der Waals surface area contributed by atoms with E-state index in [1.165, 1.54) is 0 Å². The first-order chi connectivity index (χ1) is 9.43. The summed E-state index contributed by atoms with van der Waals surface area (Å²) in [6.45, 7) is 3.11. The number of hydrogen-bond donors (Lipinski definition) is 0. The monoisotopic (exact) mass is 258 g/mol. The van der Waals surface area contributed by atoms with Gasteiger partial charge in [-0.3, -0.25) is 0 Å². The summed E-state index contributed by atoms with van der Waals surface area (Å²) < 4.78 is 13.3. The molecular weight excluding hydrogens is 240 g/mol. The molecule has 1 aromatic carbocycles. The summed E-state index contributed by atoms with van der Waals surface area (Å²) in [4.78, 5) is 4.45. The normalized spacial score (nSPS) is 18.6. The van der Waals surface area contributed by atoms with Gasteiger partial charge in [-0.2, -0.15) is 0 Å². The van der Waals surface area contributed by atoms with E-state index in [0.717, 1.165) is 37.8 Å². The number of ether oxygens (including phenoxy) is 2. The average Bonchev–Trinajstić information content (AvgIpc) is 3.10. The number of imidazole rings is 1. The summed E-state index contributed by atoms with van der Waals surface area (Å²) >= 11 is 0. The van der Waals surface area contributed by atoms with Gasteiger partial charge in [0.05, 0.1) is 13.2 Å². The third-order valence-electron chi connectivity index (χ3n) is 3.39. The van der Waals surface area contributed by atoms with Gasteiger partial charge in [0.25, 0.3) is 0 Å². The number of rotatable bonds is 5. The minimum Gasteiger partial charge on any atom is -0.492 e. The Morgan fingerprint density at radius 1 is 1.32 bits per heavy atom. The maximum absolute atomic E-state index is 5.72. The van der Waals surface area contributed by atoms with Crippen molar-refractivity contribution < 1.29 is 9.47 Å². The van der Waals surface area contributed by atoms with Gasteiger partial charge in [-0.25, -0.2) is 4.98 Å². The Labute approximate surface area is 113 Å². The van der Waals surface area contributed by atoms with Gasteiger partial charge in [-0.1, -0.05) is 18.2 Å². The van der Waals surface area contributed by atoms with Crippen LogP contribution in [-0.4, -0.2) is 29.4 Å². The van der Waals surface area contributed by atoms with E-state index in [0.29, 0.717) is 12.5 Å². The predicted molar refractivity (Wildman–Crippen MR) is 72.3 cm³/mol. The molecule has 0 amide bonds. The van der Waals surface area contributed by atoms with Gasteiger partial charge in [0, 0.05) is 24.9 Å². The molecule has 1 aliphatic heterocycles. The van der Waals surface area contributed by atoms with Crippen molar-refractivity contribution in [2.24, 2.45) is 0 Å². The van der Waals surface area contributed by atoms with Crippen molar-refractivity contribution in [1.29, 1.82) is 0 Å². The summed E-state index contributed by atoms with van der Waals surface area (Å²) in [5.41, 5.74) is 0. The van der Waals surface area contributed by atoms with Gasteiger partial charge in [0.15, 0.2) is 0 Å². The highest BCUT2D eigenvalue weighted by atomic mass is 16.5.